The Labute approximate surface area is 69.2 Å². The summed E-state index contributed by atoms with van der Waals surface area (Å²) in [5.41, 5.74) is 0. The zero-order chi connectivity index (χ0) is 9.02. The fourth-order valence-electron chi connectivity index (χ4n) is 1.12. The van der Waals surface area contributed by atoms with Gasteiger partial charge in [-0.05, 0) is 6.92 Å². The molecule has 66 valence electrons. The number of methoxy groups -OCH3 is 1. The fraction of sp³-hybridized carbons (Fsp3) is 0.750. The summed E-state index contributed by atoms with van der Waals surface area (Å²) in [6.45, 7) is 1.95. The molecule has 0 aliphatic heterocycles. The molecular formula is C8H18N2O. The first-order valence-electron chi connectivity index (χ1n) is 3.60. The zero-order valence-corrected chi connectivity index (χ0v) is 8.30. The van der Waals surface area contributed by atoms with E-state index in [2.05, 4.69) is 0 Å². The maximum absolute atomic E-state index is 5.13. The molecule has 0 atom stereocenters. The molecule has 0 N–H and O–H groups in total. The van der Waals surface area contributed by atoms with Gasteiger partial charge >= 0.3 is 0 Å². The number of ether oxygens (including phenoxy) is 1. The van der Waals surface area contributed by atoms with Crippen molar-refractivity contribution in [3.63, 3.8) is 0 Å². The summed E-state index contributed by atoms with van der Waals surface area (Å²) in [6.07, 6.45) is 0. The Morgan fingerprint density at radius 3 is 1.45 bits per heavy atom. The summed E-state index contributed by atoms with van der Waals surface area (Å²) < 4.78 is 5.13. The Bertz CT molecular complexity index is 140. The van der Waals surface area contributed by atoms with Gasteiger partial charge in [-0.2, -0.15) is 0 Å². The molecular weight excluding hydrogens is 140 g/mol. The number of hydrogen-bond acceptors (Lipinski definition) is 3. The SMILES string of the molecule is COC(C)=C(N(C)C)N(C)C. The maximum atomic E-state index is 5.13. The Morgan fingerprint density at radius 2 is 1.36 bits per heavy atom. The highest BCUT2D eigenvalue weighted by Crippen LogP contribution is 2.08. The van der Waals surface area contributed by atoms with E-state index in [4.69, 9.17) is 4.74 Å². The molecule has 0 unspecified atom stereocenters. The molecule has 0 spiro atoms. The van der Waals surface area contributed by atoms with Crippen LogP contribution in [-0.2, 0) is 4.74 Å². The Balaban J connectivity index is 4.58. The second-order valence-electron chi connectivity index (χ2n) is 2.87. The molecule has 11 heavy (non-hydrogen) atoms. The van der Waals surface area contributed by atoms with Crippen LogP contribution in [0.3, 0.4) is 0 Å². The molecule has 0 bridgehead atoms. The van der Waals surface area contributed by atoms with Crippen molar-refractivity contribution in [2.75, 3.05) is 35.3 Å². The van der Waals surface area contributed by atoms with Crippen LogP contribution in [0.2, 0.25) is 0 Å². The van der Waals surface area contributed by atoms with Gasteiger partial charge in [0.2, 0.25) is 0 Å². The monoisotopic (exact) mass is 158 g/mol. The molecule has 0 aromatic carbocycles. The molecule has 0 aliphatic rings. The van der Waals surface area contributed by atoms with Gasteiger partial charge in [-0.25, -0.2) is 0 Å². The predicted molar refractivity (Wildman–Crippen MR) is 47.1 cm³/mol. The van der Waals surface area contributed by atoms with Crippen molar-refractivity contribution < 1.29 is 4.74 Å². The Kier molecular flexibility index (Phi) is 3.79. The van der Waals surface area contributed by atoms with Crippen molar-refractivity contribution in [3.8, 4) is 0 Å². The highest BCUT2D eigenvalue weighted by atomic mass is 16.5. The molecule has 0 amide bonds. The average molecular weight is 158 g/mol. The lowest BCUT2D eigenvalue weighted by Crippen LogP contribution is -2.26. The average Bonchev–Trinajstić information content (AvgIpc) is 1.85. The van der Waals surface area contributed by atoms with Crippen molar-refractivity contribution >= 4 is 0 Å². The highest BCUT2D eigenvalue weighted by Gasteiger charge is 2.06. The van der Waals surface area contributed by atoms with Gasteiger partial charge in [-0.15, -0.1) is 0 Å². The minimum absolute atomic E-state index is 0.931. The van der Waals surface area contributed by atoms with E-state index in [-0.39, 0.29) is 0 Å². The van der Waals surface area contributed by atoms with Crippen LogP contribution in [0.5, 0.6) is 0 Å². The summed E-state index contributed by atoms with van der Waals surface area (Å²) in [7, 11) is 9.67. The van der Waals surface area contributed by atoms with Gasteiger partial charge in [-0.1, -0.05) is 0 Å². The van der Waals surface area contributed by atoms with Crippen molar-refractivity contribution in [2.45, 2.75) is 6.92 Å². The second kappa shape index (κ2) is 4.11. The third-order valence-corrected chi connectivity index (χ3v) is 1.47. The molecule has 0 fully saturated rings. The maximum Gasteiger partial charge on any atom is 0.141 e. The second-order valence-corrected chi connectivity index (χ2v) is 2.87. The number of nitrogens with zero attached hydrogens (tertiary/aromatic N) is 2. The van der Waals surface area contributed by atoms with E-state index in [1.165, 1.54) is 0 Å². The molecule has 0 aromatic heterocycles. The largest absolute Gasteiger partial charge is 0.498 e. The molecule has 0 aromatic rings. The van der Waals surface area contributed by atoms with Crippen LogP contribution in [0.4, 0.5) is 0 Å². The van der Waals surface area contributed by atoms with Gasteiger partial charge in [0.15, 0.2) is 0 Å². The molecule has 0 saturated heterocycles. The topological polar surface area (TPSA) is 15.7 Å². The van der Waals surface area contributed by atoms with E-state index < -0.39 is 0 Å². The smallest absolute Gasteiger partial charge is 0.141 e. The van der Waals surface area contributed by atoms with Crippen molar-refractivity contribution in [1.29, 1.82) is 0 Å². The van der Waals surface area contributed by atoms with E-state index in [9.17, 15) is 0 Å². The van der Waals surface area contributed by atoms with Crippen LogP contribution in [0.25, 0.3) is 0 Å². The third kappa shape index (κ3) is 2.70. The summed E-state index contributed by atoms with van der Waals surface area (Å²) in [6, 6.07) is 0. The lowest BCUT2D eigenvalue weighted by atomic mass is 10.4. The van der Waals surface area contributed by atoms with E-state index in [1.54, 1.807) is 7.11 Å². The lowest BCUT2D eigenvalue weighted by molar-refractivity contribution is 0.237. The standard InChI is InChI=1S/C8H18N2O/c1-7(11-6)8(9(2)3)10(4)5/h1-6H3. The summed E-state index contributed by atoms with van der Waals surface area (Å²) in [5, 5.41) is 0. The highest BCUT2D eigenvalue weighted by molar-refractivity contribution is 5.01. The van der Waals surface area contributed by atoms with Crippen LogP contribution in [0.1, 0.15) is 6.92 Å². The number of rotatable bonds is 3. The van der Waals surface area contributed by atoms with Gasteiger partial charge in [-0.3, -0.25) is 0 Å². The third-order valence-electron chi connectivity index (χ3n) is 1.47. The number of allylic oxidation sites excluding steroid dienone is 1. The van der Waals surface area contributed by atoms with Crippen LogP contribution in [0, 0.1) is 0 Å². The van der Waals surface area contributed by atoms with Gasteiger partial charge < -0.3 is 14.5 Å². The van der Waals surface area contributed by atoms with Gasteiger partial charge in [0.25, 0.3) is 0 Å². The lowest BCUT2D eigenvalue weighted by Gasteiger charge is -2.25. The first-order valence-corrected chi connectivity index (χ1v) is 3.60. The quantitative estimate of drug-likeness (QED) is 0.569. The van der Waals surface area contributed by atoms with E-state index >= 15 is 0 Å². The van der Waals surface area contributed by atoms with Gasteiger partial charge in [0.1, 0.15) is 11.6 Å². The van der Waals surface area contributed by atoms with E-state index in [0.29, 0.717) is 0 Å². The van der Waals surface area contributed by atoms with Gasteiger partial charge in [0, 0.05) is 28.2 Å². The van der Waals surface area contributed by atoms with Crippen LogP contribution in [0.15, 0.2) is 11.6 Å². The van der Waals surface area contributed by atoms with E-state index in [0.717, 1.165) is 11.6 Å². The molecule has 0 rings (SSSR count). The van der Waals surface area contributed by atoms with Crippen molar-refractivity contribution in [1.82, 2.24) is 9.80 Å². The molecule has 0 saturated carbocycles. The summed E-state index contributed by atoms with van der Waals surface area (Å²) in [5.74, 6) is 2.02. The fourth-order valence-corrected chi connectivity index (χ4v) is 1.12. The summed E-state index contributed by atoms with van der Waals surface area (Å²) >= 11 is 0. The molecule has 3 nitrogen and oxygen atoms in total. The van der Waals surface area contributed by atoms with E-state index in [1.807, 2.05) is 44.9 Å². The van der Waals surface area contributed by atoms with Gasteiger partial charge in [0.05, 0.1) is 7.11 Å². The molecule has 0 heterocycles. The van der Waals surface area contributed by atoms with Crippen LogP contribution < -0.4 is 0 Å². The normalized spacial score (nSPS) is 8.91. The molecule has 3 heteroatoms. The molecule has 0 radical (unpaired) electrons. The number of hydrogen-bond donors (Lipinski definition) is 0. The Hall–Kier alpha value is -0.860. The minimum Gasteiger partial charge on any atom is -0.498 e. The first kappa shape index (κ1) is 10.1. The minimum atomic E-state index is 0.931. The summed E-state index contributed by atoms with van der Waals surface area (Å²) in [4.78, 5) is 4.05. The first-order chi connectivity index (χ1) is 5.00. The van der Waals surface area contributed by atoms with Crippen molar-refractivity contribution in [2.24, 2.45) is 0 Å². The van der Waals surface area contributed by atoms with Crippen LogP contribution in [-0.4, -0.2) is 45.1 Å². The van der Waals surface area contributed by atoms with Crippen LogP contribution >= 0.6 is 0 Å². The predicted octanol–water partition coefficient (Wildman–Crippen LogP) is 0.945. The zero-order valence-electron chi connectivity index (χ0n) is 8.30. The van der Waals surface area contributed by atoms with Crippen molar-refractivity contribution in [3.05, 3.63) is 11.6 Å². The Morgan fingerprint density at radius 1 is 1.00 bits per heavy atom. The molecule has 0 aliphatic carbocycles.